The van der Waals surface area contributed by atoms with Crippen molar-refractivity contribution in [3.8, 4) is 27.3 Å². The number of carbonyl (C=O) groups is 1. The van der Waals surface area contributed by atoms with Crippen LogP contribution in [0.3, 0.4) is 0 Å². The Kier molecular flexibility index (Phi) is 6.16. The van der Waals surface area contributed by atoms with E-state index in [1.165, 1.54) is 12.1 Å². The van der Waals surface area contributed by atoms with E-state index in [1.54, 1.807) is 33.2 Å². The van der Waals surface area contributed by atoms with Crippen LogP contribution >= 0.6 is 11.3 Å². The molecule has 1 amide bonds. The van der Waals surface area contributed by atoms with Gasteiger partial charge in [0.2, 0.25) is 5.43 Å². The van der Waals surface area contributed by atoms with Crippen LogP contribution in [0.15, 0.2) is 101 Å². The minimum absolute atomic E-state index is 0.00761. The fourth-order valence-electron chi connectivity index (χ4n) is 6.55. The summed E-state index contributed by atoms with van der Waals surface area (Å²) in [5.74, 6) is -0.621. The fourth-order valence-corrected chi connectivity index (χ4v) is 7.50. The Hall–Kier alpha value is -4.73. The zero-order valence-corrected chi connectivity index (χ0v) is 23.8. The van der Waals surface area contributed by atoms with Gasteiger partial charge in [-0.05, 0) is 39.8 Å². The summed E-state index contributed by atoms with van der Waals surface area (Å²) in [6, 6.07) is 25.7. The highest BCUT2D eigenvalue weighted by Crippen LogP contribution is 2.50. The molecule has 2 atom stereocenters. The number of amides is 1. The van der Waals surface area contributed by atoms with Crippen LogP contribution in [0, 0.1) is 5.82 Å². The Balaban J connectivity index is 1.38. The van der Waals surface area contributed by atoms with E-state index in [4.69, 9.17) is 9.47 Å². The van der Waals surface area contributed by atoms with E-state index in [2.05, 4.69) is 17.1 Å². The highest BCUT2D eigenvalue weighted by molar-refractivity contribution is 7.14. The normalized spacial score (nSPS) is 18.6. The first-order valence-electron chi connectivity index (χ1n) is 14.2. The number of morpholine rings is 1. The molecule has 1 unspecified atom stereocenters. The molecule has 3 aromatic carbocycles. The monoisotopic (exact) mass is 591 g/mol. The van der Waals surface area contributed by atoms with Gasteiger partial charge in [-0.15, -0.1) is 11.3 Å². The van der Waals surface area contributed by atoms with Gasteiger partial charge in [0.1, 0.15) is 18.6 Å². The summed E-state index contributed by atoms with van der Waals surface area (Å²) in [6.45, 7) is 1.10. The maximum absolute atomic E-state index is 15.9. The molecule has 2 aromatic heterocycles. The minimum Gasteiger partial charge on any atom is -0.482 e. The van der Waals surface area contributed by atoms with Crippen molar-refractivity contribution in [2.24, 2.45) is 0 Å². The van der Waals surface area contributed by atoms with E-state index in [0.29, 0.717) is 18.7 Å². The van der Waals surface area contributed by atoms with E-state index in [0.717, 1.165) is 32.7 Å². The SMILES string of the molecule is O=C1c2c(OCc3ccccc3)c(=O)ccn2N(C2c3ccccc3-c3sccc3-c3c(F)cccc32)[C@@H]2COCCN12. The number of nitrogens with zero attached hydrogens (tertiary/aromatic N) is 3. The molecule has 5 aromatic rings. The molecule has 7 nitrogen and oxygen atoms in total. The van der Waals surface area contributed by atoms with Gasteiger partial charge in [-0.1, -0.05) is 66.7 Å². The number of rotatable bonds is 4. The number of fused-ring (bicyclic) bond motifs is 7. The van der Waals surface area contributed by atoms with Crippen LogP contribution in [0.4, 0.5) is 4.39 Å². The van der Waals surface area contributed by atoms with Gasteiger partial charge in [0.25, 0.3) is 5.91 Å². The molecule has 4 heterocycles. The number of aromatic nitrogens is 1. The summed E-state index contributed by atoms with van der Waals surface area (Å²) >= 11 is 1.58. The highest BCUT2D eigenvalue weighted by Gasteiger charge is 2.46. The Labute approximate surface area is 250 Å². The van der Waals surface area contributed by atoms with Crippen molar-refractivity contribution in [3.63, 3.8) is 0 Å². The van der Waals surface area contributed by atoms with Crippen molar-refractivity contribution in [1.29, 1.82) is 0 Å². The van der Waals surface area contributed by atoms with Crippen molar-refractivity contribution < 1.29 is 18.7 Å². The predicted molar refractivity (Wildman–Crippen MR) is 162 cm³/mol. The number of thiophene rings is 1. The topological polar surface area (TPSA) is 64.0 Å². The molecule has 3 aliphatic rings. The van der Waals surface area contributed by atoms with E-state index in [1.807, 2.05) is 60.0 Å². The molecule has 0 saturated carbocycles. The lowest BCUT2D eigenvalue weighted by Crippen LogP contribution is -2.66. The summed E-state index contributed by atoms with van der Waals surface area (Å²) in [7, 11) is 0. The van der Waals surface area contributed by atoms with E-state index >= 15 is 4.39 Å². The van der Waals surface area contributed by atoms with Crippen LogP contribution in [0.2, 0.25) is 0 Å². The molecule has 43 heavy (non-hydrogen) atoms. The molecule has 1 aliphatic carbocycles. The number of hydrogen-bond acceptors (Lipinski definition) is 6. The number of benzene rings is 3. The lowest BCUT2D eigenvalue weighted by Gasteiger charge is -2.51. The van der Waals surface area contributed by atoms with Gasteiger partial charge in [-0.3, -0.25) is 19.3 Å². The van der Waals surface area contributed by atoms with E-state index in [9.17, 15) is 9.59 Å². The molecule has 1 saturated heterocycles. The third-order valence-electron chi connectivity index (χ3n) is 8.42. The van der Waals surface area contributed by atoms with Gasteiger partial charge >= 0.3 is 0 Å². The van der Waals surface area contributed by atoms with Crippen molar-refractivity contribution >= 4 is 17.2 Å². The maximum Gasteiger partial charge on any atom is 0.278 e. The van der Waals surface area contributed by atoms with Crippen molar-refractivity contribution in [1.82, 2.24) is 9.58 Å². The first kappa shape index (κ1) is 25.9. The Morgan fingerprint density at radius 2 is 1.72 bits per heavy atom. The fraction of sp³-hybridized carbons (Fsp3) is 0.176. The van der Waals surface area contributed by atoms with Crippen LogP contribution < -0.4 is 15.2 Å². The molecule has 2 aliphatic heterocycles. The number of carbonyl (C=O) groups excluding carboxylic acids is 1. The summed E-state index contributed by atoms with van der Waals surface area (Å²) in [4.78, 5) is 30.2. The van der Waals surface area contributed by atoms with Crippen LogP contribution in [-0.4, -0.2) is 41.4 Å². The predicted octanol–water partition coefficient (Wildman–Crippen LogP) is 5.82. The van der Waals surface area contributed by atoms with Gasteiger partial charge in [0.05, 0.1) is 19.3 Å². The Morgan fingerprint density at radius 1 is 0.907 bits per heavy atom. The molecule has 0 bridgehead atoms. The molecule has 9 heteroatoms. The van der Waals surface area contributed by atoms with E-state index < -0.39 is 12.2 Å². The third kappa shape index (κ3) is 4.03. The van der Waals surface area contributed by atoms with Crippen LogP contribution in [-0.2, 0) is 11.3 Å². The smallest absolute Gasteiger partial charge is 0.278 e. The second-order valence-corrected chi connectivity index (χ2v) is 11.7. The molecule has 0 N–H and O–H groups in total. The van der Waals surface area contributed by atoms with Crippen LogP contribution in [0.25, 0.3) is 21.6 Å². The lowest BCUT2D eigenvalue weighted by molar-refractivity contribution is -0.0197. The van der Waals surface area contributed by atoms with Crippen LogP contribution in [0.1, 0.15) is 33.2 Å². The van der Waals surface area contributed by atoms with Crippen molar-refractivity contribution in [2.45, 2.75) is 18.8 Å². The zero-order valence-electron chi connectivity index (χ0n) is 23.0. The third-order valence-corrected chi connectivity index (χ3v) is 9.37. The standard InChI is InChI=1S/C34H26FN3O4S/c35-26-12-6-11-24-29(26)25-14-18-43-33(25)23-10-5-4-9-22(23)30(24)38-28-20-41-17-16-36(28)34(40)31-32(27(39)13-15-37(31)38)42-19-21-7-2-1-3-8-21/h1-15,18,28,30H,16-17,19-20H2/t28-,30?/m1/s1. The summed E-state index contributed by atoms with van der Waals surface area (Å²) < 4.78 is 29.7. The quantitative estimate of drug-likeness (QED) is 0.264. The van der Waals surface area contributed by atoms with Gasteiger partial charge in [0, 0.05) is 34.8 Å². The molecule has 0 radical (unpaired) electrons. The van der Waals surface area contributed by atoms with Gasteiger partial charge in [-0.25, -0.2) is 4.39 Å². The molecule has 8 rings (SSSR count). The second-order valence-electron chi connectivity index (χ2n) is 10.8. The molecule has 214 valence electrons. The highest BCUT2D eigenvalue weighted by atomic mass is 32.1. The zero-order chi connectivity index (χ0) is 29.1. The van der Waals surface area contributed by atoms with Gasteiger partial charge < -0.3 is 14.4 Å². The summed E-state index contributed by atoms with van der Waals surface area (Å²) in [5.41, 5.74) is 4.74. The van der Waals surface area contributed by atoms with Gasteiger partial charge in [0.15, 0.2) is 11.4 Å². The molecular formula is C34H26FN3O4S. The summed E-state index contributed by atoms with van der Waals surface area (Å²) in [5, 5.41) is 4.04. The number of ether oxygens (including phenoxy) is 2. The molecule has 0 spiro atoms. The van der Waals surface area contributed by atoms with Crippen molar-refractivity contribution in [3.05, 3.63) is 135 Å². The Morgan fingerprint density at radius 3 is 2.60 bits per heavy atom. The first-order valence-corrected chi connectivity index (χ1v) is 15.0. The average Bonchev–Trinajstić information content (AvgIpc) is 3.48. The lowest BCUT2D eigenvalue weighted by atomic mass is 9.92. The molecular weight excluding hydrogens is 565 g/mol. The number of pyridine rings is 1. The average molecular weight is 592 g/mol. The first-order chi connectivity index (χ1) is 21.1. The second kappa shape index (κ2) is 10.2. The summed E-state index contributed by atoms with van der Waals surface area (Å²) in [6.07, 6.45) is 1.11. The van der Waals surface area contributed by atoms with Crippen LogP contribution in [0.5, 0.6) is 5.75 Å². The largest absolute Gasteiger partial charge is 0.482 e. The van der Waals surface area contributed by atoms with E-state index in [-0.39, 0.29) is 41.8 Å². The number of halogens is 1. The number of hydrogen-bond donors (Lipinski definition) is 0. The van der Waals surface area contributed by atoms with Gasteiger partial charge in [-0.2, -0.15) is 0 Å². The van der Waals surface area contributed by atoms with Crippen molar-refractivity contribution in [2.75, 3.05) is 24.8 Å². The maximum atomic E-state index is 15.9. The molecule has 1 fully saturated rings. The minimum atomic E-state index is -0.521. The Bertz CT molecular complexity index is 1940.